The minimum atomic E-state index is -0.695. The third-order valence-electron chi connectivity index (χ3n) is 2.92. The zero-order chi connectivity index (χ0) is 15.9. The van der Waals surface area contributed by atoms with Crippen LogP contribution in [0, 0.1) is 11.3 Å². The van der Waals surface area contributed by atoms with Gasteiger partial charge < -0.3 is 9.47 Å². The topological polar surface area (TPSA) is 59.3 Å². The summed E-state index contributed by atoms with van der Waals surface area (Å²) in [5.74, 6) is 0.165. The minimum Gasteiger partial charge on any atom is -0.479 e. The summed E-state index contributed by atoms with van der Waals surface area (Å²) in [5, 5.41) is 8.72. The lowest BCUT2D eigenvalue weighted by atomic mass is 10.2. The number of benzene rings is 2. The van der Waals surface area contributed by atoms with Gasteiger partial charge in [0.15, 0.2) is 6.10 Å². The number of ether oxygens (including phenoxy) is 2. The molecular weight excluding hydrogens is 346 g/mol. The minimum absolute atomic E-state index is 0.151. The summed E-state index contributed by atoms with van der Waals surface area (Å²) in [6, 6.07) is 16.1. The van der Waals surface area contributed by atoms with Crippen LogP contribution in [0.1, 0.15) is 18.1 Å². The molecule has 1 unspecified atom stereocenters. The van der Waals surface area contributed by atoms with E-state index in [1.165, 1.54) is 0 Å². The van der Waals surface area contributed by atoms with Crippen molar-refractivity contribution in [2.24, 2.45) is 0 Å². The summed E-state index contributed by atoms with van der Waals surface area (Å²) in [4.78, 5) is 11.9. The van der Waals surface area contributed by atoms with E-state index in [0.29, 0.717) is 11.3 Å². The Balaban J connectivity index is 1.85. The van der Waals surface area contributed by atoms with Crippen molar-refractivity contribution < 1.29 is 14.3 Å². The van der Waals surface area contributed by atoms with Gasteiger partial charge in [0, 0.05) is 4.47 Å². The fourth-order valence-electron chi connectivity index (χ4n) is 1.71. The van der Waals surface area contributed by atoms with E-state index in [4.69, 9.17) is 14.7 Å². The van der Waals surface area contributed by atoms with Crippen LogP contribution in [0.2, 0.25) is 0 Å². The molecule has 0 bridgehead atoms. The zero-order valence-electron chi connectivity index (χ0n) is 12.0. The summed E-state index contributed by atoms with van der Waals surface area (Å²) >= 11 is 3.33. The molecular formula is C17H14BrNO3. The molecule has 0 amide bonds. The van der Waals surface area contributed by atoms with Gasteiger partial charge in [0.25, 0.3) is 0 Å². The molecule has 2 rings (SSSR count). The summed E-state index contributed by atoms with van der Waals surface area (Å²) in [6.07, 6.45) is -0.695. The number of hydrogen-bond acceptors (Lipinski definition) is 4. The van der Waals surface area contributed by atoms with Crippen LogP contribution in [0.3, 0.4) is 0 Å². The molecule has 0 fully saturated rings. The third kappa shape index (κ3) is 4.61. The Morgan fingerprint density at radius 1 is 1.18 bits per heavy atom. The smallest absolute Gasteiger partial charge is 0.347 e. The average molecular weight is 360 g/mol. The maximum atomic E-state index is 11.9. The van der Waals surface area contributed by atoms with Gasteiger partial charge in [-0.15, -0.1) is 0 Å². The van der Waals surface area contributed by atoms with Gasteiger partial charge in [0.05, 0.1) is 11.6 Å². The van der Waals surface area contributed by atoms with Gasteiger partial charge in [0.2, 0.25) is 0 Å². The van der Waals surface area contributed by atoms with Gasteiger partial charge >= 0.3 is 5.97 Å². The van der Waals surface area contributed by atoms with Crippen LogP contribution in [0.25, 0.3) is 0 Å². The Hall–Kier alpha value is -2.32. The molecule has 0 aliphatic carbocycles. The molecule has 2 aromatic rings. The second-order valence-corrected chi connectivity index (χ2v) is 5.55. The first-order valence-corrected chi connectivity index (χ1v) is 7.45. The van der Waals surface area contributed by atoms with E-state index in [1.807, 2.05) is 18.2 Å². The molecule has 4 nitrogen and oxygen atoms in total. The Kier molecular flexibility index (Phi) is 5.56. The number of rotatable bonds is 5. The summed E-state index contributed by atoms with van der Waals surface area (Å²) in [6.45, 7) is 1.79. The summed E-state index contributed by atoms with van der Waals surface area (Å²) < 4.78 is 11.7. The molecule has 0 aliphatic heterocycles. The van der Waals surface area contributed by atoms with Crippen molar-refractivity contribution in [3.05, 3.63) is 64.1 Å². The molecule has 0 spiro atoms. The molecule has 112 valence electrons. The van der Waals surface area contributed by atoms with Crippen molar-refractivity contribution in [2.45, 2.75) is 19.6 Å². The molecule has 0 saturated carbocycles. The summed E-state index contributed by atoms with van der Waals surface area (Å²) in [7, 11) is 0. The highest BCUT2D eigenvalue weighted by molar-refractivity contribution is 9.10. The Labute approximate surface area is 137 Å². The van der Waals surface area contributed by atoms with Crippen LogP contribution < -0.4 is 4.74 Å². The van der Waals surface area contributed by atoms with Crippen molar-refractivity contribution in [1.82, 2.24) is 0 Å². The fourth-order valence-corrected chi connectivity index (χ4v) is 1.98. The van der Waals surface area contributed by atoms with Gasteiger partial charge in [-0.2, -0.15) is 5.26 Å². The van der Waals surface area contributed by atoms with Gasteiger partial charge in [-0.1, -0.05) is 28.1 Å². The fraction of sp³-hybridized carbons (Fsp3) is 0.176. The number of nitrogens with zero attached hydrogens (tertiary/aromatic N) is 1. The lowest BCUT2D eigenvalue weighted by molar-refractivity contribution is -0.152. The highest BCUT2D eigenvalue weighted by Crippen LogP contribution is 2.17. The normalized spacial score (nSPS) is 11.3. The Morgan fingerprint density at radius 3 is 2.41 bits per heavy atom. The van der Waals surface area contributed by atoms with E-state index in [0.717, 1.165) is 10.0 Å². The molecule has 0 aliphatic rings. The highest BCUT2D eigenvalue weighted by Gasteiger charge is 2.16. The van der Waals surface area contributed by atoms with Crippen LogP contribution in [-0.2, 0) is 16.1 Å². The molecule has 0 heterocycles. The third-order valence-corrected chi connectivity index (χ3v) is 3.45. The molecule has 22 heavy (non-hydrogen) atoms. The van der Waals surface area contributed by atoms with Gasteiger partial charge in [-0.25, -0.2) is 4.79 Å². The Morgan fingerprint density at radius 2 is 1.82 bits per heavy atom. The van der Waals surface area contributed by atoms with Crippen LogP contribution >= 0.6 is 15.9 Å². The molecule has 0 aromatic heterocycles. The number of nitriles is 1. The second kappa shape index (κ2) is 7.62. The molecule has 0 radical (unpaired) electrons. The predicted octanol–water partition coefficient (Wildman–Crippen LogP) is 3.83. The zero-order valence-corrected chi connectivity index (χ0v) is 13.5. The Bertz CT molecular complexity index is 675. The van der Waals surface area contributed by atoms with Gasteiger partial charge in [-0.05, 0) is 48.9 Å². The van der Waals surface area contributed by atoms with E-state index in [-0.39, 0.29) is 6.61 Å². The first-order valence-electron chi connectivity index (χ1n) is 6.66. The summed E-state index contributed by atoms with van der Waals surface area (Å²) in [5.41, 5.74) is 1.39. The largest absolute Gasteiger partial charge is 0.479 e. The maximum Gasteiger partial charge on any atom is 0.347 e. The molecule has 0 N–H and O–H groups in total. The first kappa shape index (κ1) is 16.1. The number of carbonyl (C=O) groups excluding carboxylic acids is 1. The van der Waals surface area contributed by atoms with Crippen LogP contribution in [0.15, 0.2) is 53.0 Å². The van der Waals surface area contributed by atoms with Crippen LogP contribution in [0.4, 0.5) is 0 Å². The first-order chi connectivity index (χ1) is 10.6. The van der Waals surface area contributed by atoms with E-state index in [1.54, 1.807) is 43.3 Å². The second-order valence-electron chi connectivity index (χ2n) is 4.63. The number of hydrogen-bond donors (Lipinski definition) is 0. The number of halogens is 1. The number of carbonyl (C=O) groups is 1. The molecule has 5 heteroatoms. The standard InChI is InChI=1S/C17H14BrNO3/c1-12(22-16-8-6-15(18)7-9-16)17(20)21-11-14-4-2-13(10-19)3-5-14/h2-9,12H,11H2,1H3. The molecule has 0 saturated heterocycles. The van der Waals surface area contributed by atoms with Crippen molar-refractivity contribution in [3.63, 3.8) is 0 Å². The monoisotopic (exact) mass is 359 g/mol. The van der Waals surface area contributed by atoms with Crippen LogP contribution in [-0.4, -0.2) is 12.1 Å². The highest BCUT2D eigenvalue weighted by atomic mass is 79.9. The molecule has 2 aromatic carbocycles. The van der Waals surface area contributed by atoms with E-state index in [9.17, 15) is 4.79 Å². The van der Waals surface area contributed by atoms with Crippen molar-refractivity contribution in [2.75, 3.05) is 0 Å². The van der Waals surface area contributed by atoms with Crippen molar-refractivity contribution in [3.8, 4) is 11.8 Å². The van der Waals surface area contributed by atoms with Gasteiger partial charge in [0.1, 0.15) is 12.4 Å². The molecule has 1 atom stereocenters. The lowest BCUT2D eigenvalue weighted by Gasteiger charge is -2.14. The number of esters is 1. The van der Waals surface area contributed by atoms with E-state index < -0.39 is 12.1 Å². The van der Waals surface area contributed by atoms with Crippen LogP contribution in [0.5, 0.6) is 5.75 Å². The SMILES string of the molecule is CC(Oc1ccc(Br)cc1)C(=O)OCc1ccc(C#N)cc1. The predicted molar refractivity (Wildman–Crippen MR) is 85.2 cm³/mol. The van der Waals surface area contributed by atoms with Crippen molar-refractivity contribution >= 4 is 21.9 Å². The van der Waals surface area contributed by atoms with E-state index in [2.05, 4.69) is 15.9 Å². The maximum absolute atomic E-state index is 11.9. The quantitative estimate of drug-likeness (QED) is 0.761. The lowest BCUT2D eigenvalue weighted by Crippen LogP contribution is -2.26. The van der Waals surface area contributed by atoms with Crippen molar-refractivity contribution in [1.29, 1.82) is 5.26 Å². The van der Waals surface area contributed by atoms with E-state index >= 15 is 0 Å². The van der Waals surface area contributed by atoms with Gasteiger partial charge in [-0.3, -0.25) is 0 Å². The average Bonchev–Trinajstić information content (AvgIpc) is 2.55.